The van der Waals surface area contributed by atoms with Crippen LogP contribution in [0.25, 0.3) is 0 Å². The maximum absolute atomic E-state index is 11.7. The highest BCUT2D eigenvalue weighted by Gasteiger charge is 2.09. The number of esters is 1. The van der Waals surface area contributed by atoms with Gasteiger partial charge in [0, 0.05) is 0 Å². The molecule has 0 unspecified atom stereocenters. The summed E-state index contributed by atoms with van der Waals surface area (Å²) in [6.07, 6.45) is 0. The summed E-state index contributed by atoms with van der Waals surface area (Å²) in [6, 6.07) is 14.6. The molecule has 0 heterocycles. The monoisotopic (exact) mass is 313 g/mol. The zero-order valence-corrected chi connectivity index (χ0v) is 13.2. The third-order valence-electron chi connectivity index (χ3n) is 3.14. The van der Waals surface area contributed by atoms with Crippen molar-refractivity contribution in [2.45, 2.75) is 13.8 Å². The zero-order valence-electron chi connectivity index (χ0n) is 13.2. The number of rotatable bonds is 6. The van der Waals surface area contributed by atoms with Crippen LogP contribution in [0.2, 0.25) is 0 Å². The number of amides is 1. The predicted molar refractivity (Wildman–Crippen MR) is 86.5 cm³/mol. The molecule has 1 N–H and O–H groups in total. The molecule has 0 radical (unpaired) electrons. The van der Waals surface area contributed by atoms with Gasteiger partial charge in [-0.25, -0.2) is 4.79 Å². The minimum absolute atomic E-state index is 0.152. The average Bonchev–Trinajstić information content (AvgIpc) is 2.54. The van der Waals surface area contributed by atoms with E-state index in [4.69, 9.17) is 9.47 Å². The molecular formula is C18H19NO4. The number of aryl methyl sites for hydroxylation is 2. The van der Waals surface area contributed by atoms with Crippen molar-refractivity contribution in [3.8, 4) is 11.5 Å². The first-order chi connectivity index (χ1) is 11.0. The van der Waals surface area contributed by atoms with E-state index >= 15 is 0 Å². The SMILES string of the molecule is Cc1ccc(OCC(=O)NCC(=O)Oc2ccccc2C)cc1. The van der Waals surface area contributed by atoms with Gasteiger partial charge in [-0.15, -0.1) is 0 Å². The van der Waals surface area contributed by atoms with Crippen LogP contribution < -0.4 is 14.8 Å². The number of benzene rings is 2. The Bertz CT molecular complexity index is 680. The quantitative estimate of drug-likeness (QED) is 0.657. The van der Waals surface area contributed by atoms with E-state index in [1.807, 2.05) is 38.1 Å². The highest BCUT2D eigenvalue weighted by atomic mass is 16.5. The third kappa shape index (κ3) is 5.47. The van der Waals surface area contributed by atoms with E-state index in [1.54, 1.807) is 24.3 Å². The number of carbonyl (C=O) groups excluding carboxylic acids is 2. The molecule has 0 atom stereocenters. The van der Waals surface area contributed by atoms with Gasteiger partial charge in [-0.05, 0) is 37.6 Å². The highest BCUT2D eigenvalue weighted by Crippen LogP contribution is 2.16. The van der Waals surface area contributed by atoms with E-state index in [0.29, 0.717) is 11.5 Å². The summed E-state index contributed by atoms with van der Waals surface area (Å²) >= 11 is 0. The molecule has 0 saturated heterocycles. The van der Waals surface area contributed by atoms with Crippen LogP contribution in [-0.2, 0) is 9.59 Å². The average molecular weight is 313 g/mol. The van der Waals surface area contributed by atoms with Gasteiger partial charge in [-0.3, -0.25) is 4.79 Å². The van der Waals surface area contributed by atoms with E-state index in [-0.39, 0.29) is 19.1 Å². The van der Waals surface area contributed by atoms with Crippen molar-refractivity contribution in [2.24, 2.45) is 0 Å². The van der Waals surface area contributed by atoms with Gasteiger partial charge in [0.15, 0.2) is 6.61 Å². The van der Waals surface area contributed by atoms with Gasteiger partial charge in [-0.1, -0.05) is 35.9 Å². The molecule has 0 saturated carbocycles. The van der Waals surface area contributed by atoms with Crippen LogP contribution in [0.15, 0.2) is 48.5 Å². The largest absolute Gasteiger partial charge is 0.484 e. The molecule has 0 bridgehead atoms. The molecule has 0 aliphatic rings. The number of hydrogen-bond donors (Lipinski definition) is 1. The topological polar surface area (TPSA) is 64.6 Å². The first kappa shape index (κ1) is 16.5. The summed E-state index contributed by atoms with van der Waals surface area (Å²) in [4.78, 5) is 23.4. The van der Waals surface area contributed by atoms with Crippen LogP contribution in [0.3, 0.4) is 0 Å². The normalized spacial score (nSPS) is 10.0. The zero-order chi connectivity index (χ0) is 16.7. The third-order valence-corrected chi connectivity index (χ3v) is 3.14. The fourth-order valence-electron chi connectivity index (χ4n) is 1.83. The van der Waals surface area contributed by atoms with Crippen LogP contribution in [0.1, 0.15) is 11.1 Å². The van der Waals surface area contributed by atoms with Crippen molar-refractivity contribution in [2.75, 3.05) is 13.2 Å². The van der Waals surface area contributed by atoms with Crippen LogP contribution in [0, 0.1) is 13.8 Å². The van der Waals surface area contributed by atoms with Crippen molar-refractivity contribution in [3.05, 3.63) is 59.7 Å². The van der Waals surface area contributed by atoms with Crippen molar-refractivity contribution < 1.29 is 19.1 Å². The molecule has 2 rings (SSSR count). The van der Waals surface area contributed by atoms with Gasteiger partial charge in [0.05, 0.1) is 0 Å². The Hall–Kier alpha value is -2.82. The number of para-hydroxylation sites is 1. The summed E-state index contributed by atoms with van der Waals surface area (Å²) in [5.74, 6) is 0.186. The molecule has 120 valence electrons. The number of carbonyl (C=O) groups is 2. The molecule has 5 heteroatoms. The number of hydrogen-bond acceptors (Lipinski definition) is 4. The summed E-state index contributed by atoms with van der Waals surface area (Å²) in [5.41, 5.74) is 1.97. The summed E-state index contributed by atoms with van der Waals surface area (Å²) in [6.45, 7) is 3.46. The van der Waals surface area contributed by atoms with E-state index in [2.05, 4.69) is 5.32 Å². The highest BCUT2D eigenvalue weighted by molar-refractivity contribution is 5.83. The maximum Gasteiger partial charge on any atom is 0.330 e. The Kier molecular flexibility index (Phi) is 5.74. The molecule has 2 aromatic rings. The minimum atomic E-state index is -0.525. The van der Waals surface area contributed by atoms with Gasteiger partial charge in [0.2, 0.25) is 0 Å². The fourth-order valence-corrected chi connectivity index (χ4v) is 1.83. The van der Waals surface area contributed by atoms with Gasteiger partial charge in [-0.2, -0.15) is 0 Å². The first-order valence-electron chi connectivity index (χ1n) is 7.27. The standard InChI is InChI=1S/C18H19NO4/c1-13-7-9-15(10-8-13)22-12-17(20)19-11-18(21)23-16-6-4-3-5-14(16)2/h3-10H,11-12H2,1-2H3,(H,19,20). The summed E-state index contributed by atoms with van der Waals surface area (Å²) in [7, 11) is 0. The molecule has 5 nitrogen and oxygen atoms in total. The Balaban J connectivity index is 1.72. The van der Waals surface area contributed by atoms with E-state index in [0.717, 1.165) is 11.1 Å². The summed E-state index contributed by atoms with van der Waals surface area (Å²) in [5, 5.41) is 2.47. The second kappa shape index (κ2) is 7.98. The van der Waals surface area contributed by atoms with E-state index in [1.165, 1.54) is 0 Å². The minimum Gasteiger partial charge on any atom is -0.484 e. The van der Waals surface area contributed by atoms with E-state index < -0.39 is 5.97 Å². The van der Waals surface area contributed by atoms with Gasteiger partial charge < -0.3 is 14.8 Å². The van der Waals surface area contributed by atoms with Crippen LogP contribution in [0.4, 0.5) is 0 Å². The molecule has 23 heavy (non-hydrogen) atoms. The maximum atomic E-state index is 11.7. The van der Waals surface area contributed by atoms with E-state index in [9.17, 15) is 9.59 Å². The molecule has 2 aromatic carbocycles. The molecule has 0 aliphatic heterocycles. The lowest BCUT2D eigenvalue weighted by atomic mass is 10.2. The Morgan fingerprint density at radius 3 is 2.39 bits per heavy atom. The molecule has 0 spiro atoms. The summed E-state index contributed by atoms with van der Waals surface area (Å²) < 4.78 is 10.5. The van der Waals surface area contributed by atoms with Gasteiger partial charge in [0.1, 0.15) is 18.0 Å². The second-order valence-electron chi connectivity index (χ2n) is 5.12. The number of ether oxygens (including phenoxy) is 2. The molecular weight excluding hydrogens is 294 g/mol. The van der Waals surface area contributed by atoms with Gasteiger partial charge >= 0.3 is 5.97 Å². The predicted octanol–water partition coefficient (Wildman–Crippen LogP) is 2.40. The van der Waals surface area contributed by atoms with Crippen molar-refractivity contribution in [3.63, 3.8) is 0 Å². The molecule has 0 aromatic heterocycles. The Morgan fingerprint density at radius 2 is 1.70 bits per heavy atom. The van der Waals surface area contributed by atoms with Crippen LogP contribution in [-0.4, -0.2) is 25.0 Å². The first-order valence-corrected chi connectivity index (χ1v) is 7.27. The molecule has 1 amide bonds. The Labute approximate surface area is 135 Å². The van der Waals surface area contributed by atoms with Gasteiger partial charge in [0.25, 0.3) is 5.91 Å². The lowest BCUT2D eigenvalue weighted by molar-refractivity contribution is -0.136. The van der Waals surface area contributed by atoms with Crippen molar-refractivity contribution >= 4 is 11.9 Å². The van der Waals surface area contributed by atoms with Crippen molar-refractivity contribution in [1.29, 1.82) is 0 Å². The lowest BCUT2D eigenvalue weighted by Crippen LogP contribution is -2.35. The smallest absolute Gasteiger partial charge is 0.330 e. The van der Waals surface area contributed by atoms with Crippen LogP contribution in [0.5, 0.6) is 11.5 Å². The lowest BCUT2D eigenvalue weighted by Gasteiger charge is -2.09. The molecule has 0 fully saturated rings. The number of nitrogens with one attached hydrogen (secondary N) is 1. The van der Waals surface area contributed by atoms with Crippen molar-refractivity contribution in [1.82, 2.24) is 5.32 Å². The fraction of sp³-hybridized carbons (Fsp3) is 0.222. The molecule has 0 aliphatic carbocycles. The second-order valence-corrected chi connectivity index (χ2v) is 5.12. The van der Waals surface area contributed by atoms with Crippen LogP contribution >= 0.6 is 0 Å². The Morgan fingerprint density at radius 1 is 1.00 bits per heavy atom.